The summed E-state index contributed by atoms with van der Waals surface area (Å²) in [4.78, 5) is 23.2. The Morgan fingerprint density at radius 1 is 1.25 bits per heavy atom. The quantitative estimate of drug-likeness (QED) is 0.550. The molecule has 0 spiro atoms. The number of thiophene rings is 1. The minimum atomic E-state index is -0.444. The number of anilines is 1. The van der Waals surface area contributed by atoms with Gasteiger partial charge in [0.05, 0.1) is 11.4 Å². The van der Waals surface area contributed by atoms with Crippen LogP contribution in [0.15, 0.2) is 29.3 Å². The van der Waals surface area contributed by atoms with Gasteiger partial charge in [-0.15, -0.1) is 11.3 Å². The molecule has 0 unspecified atom stereocenters. The fraction of sp³-hybridized carbons (Fsp3) is 0.235. The van der Waals surface area contributed by atoms with Crippen molar-refractivity contribution >= 4 is 44.9 Å². The Hall–Kier alpha value is -1.99. The maximum absolute atomic E-state index is 13.6. The Morgan fingerprint density at radius 3 is 2.75 bits per heavy atom. The van der Waals surface area contributed by atoms with Gasteiger partial charge in [-0.25, -0.2) is 14.4 Å². The van der Waals surface area contributed by atoms with Gasteiger partial charge >= 0.3 is 0 Å². The highest BCUT2D eigenvalue weighted by Crippen LogP contribution is 2.35. The lowest BCUT2D eigenvalue weighted by molar-refractivity contribution is -0.113. The van der Waals surface area contributed by atoms with Crippen LogP contribution < -0.4 is 5.32 Å². The summed E-state index contributed by atoms with van der Waals surface area (Å²) in [6.07, 6.45) is 0. The molecule has 2 heterocycles. The Morgan fingerprint density at radius 2 is 2.00 bits per heavy atom. The predicted molar refractivity (Wildman–Crippen MR) is 97.4 cm³/mol. The molecule has 0 aliphatic carbocycles. The summed E-state index contributed by atoms with van der Waals surface area (Å²) in [5.74, 6) is 0.133. The minimum absolute atomic E-state index is 0.161. The highest BCUT2D eigenvalue weighted by atomic mass is 32.2. The van der Waals surface area contributed by atoms with Crippen LogP contribution in [0.25, 0.3) is 10.2 Å². The molecule has 0 saturated carbocycles. The lowest BCUT2D eigenvalue weighted by atomic mass is 10.2. The van der Waals surface area contributed by atoms with Crippen LogP contribution in [0.3, 0.4) is 0 Å². The maximum atomic E-state index is 13.6. The predicted octanol–water partition coefficient (Wildman–Crippen LogP) is 4.49. The van der Waals surface area contributed by atoms with E-state index in [0.717, 1.165) is 20.8 Å². The van der Waals surface area contributed by atoms with Crippen molar-refractivity contribution in [3.8, 4) is 0 Å². The zero-order chi connectivity index (χ0) is 17.3. The number of nitrogens with zero attached hydrogens (tertiary/aromatic N) is 2. The van der Waals surface area contributed by atoms with Gasteiger partial charge in [-0.1, -0.05) is 23.9 Å². The van der Waals surface area contributed by atoms with Crippen LogP contribution in [0.1, 0.15) is 16.3 Å². The number of aromatic nitrogens is 2. The normalized spacial score (nSPS) is 11.0. The van der Waals surface area contributed by atoms with Crippen molar-refractivity contribution in [2.75, 3.05) is 11.1 Å². The van der Waals surface area contributed by atoms with E-state index in [9.17, 15) is 9.18 Å². The molecular formula is C17H16FN3OS2. The smallest absolute Gasteiger partial charge is 0.234 e. The average Bonchev–Trinajstić information content (AvgIpc) is 2.81. The Labute approximate surface area is 147 Å². The lowest BCUT2D eigenvalue weighted by Gasteiger charge is -2.07. The highest BCUT2D eigenvalue weighted by molar-refractivity contribution is 8.00. The van der Waals surface area contributed by atoms with Crippen molar-refractivity contribution in [1.29, 1.82) is 0 Å². The highest BCUT2D eigenvalue weighted by Gasteiger charge is 2.15. The number of hydrogen-bond donors (Lipinski definition) is 1. The molecule has 2 aromatic heterocycles. The second-order valence-electron chi connectivity index (χ2n) is 5.36. The first-order chi connectivity index (χ1) is 11.5. The molecule has 1 aromatic carbocycles. The molecule has 0 saturated heterocycles. The maximum Gasteiger partial charge on any atom is 0.234 e. The van der Waals surface area contributed by atoms with Crippen molar-refractivity contribution in [3.05, 3.63) is 46.3 Å². The van der Waals surface area contributed by atoms with Crippen LogP contribution in [0.5, 0.6) is 0 Å². The molecule has 0 aliphatic rings. The van der Waals surface area contributed by atoms with Crippen LogP contribution in [0.2, 0.25) is 0 Å². The van der Waals surface area contributed by atoms with Crippen molar-refractivity contribution in [2.45, 2.75) is 25.8 Å². The number of fused-ring (bicyclic) bond motifs is 1. The van der Waals surface area contributed by atoms with Crippen LogP contribution in [0.4, 0.5) is 10.1 Å². The molecule has 3 rings (SSSR count). The first kappa shape index (κ1) is 16.9. The number of thioether (sulfide) groups is 1. The van der Waals surface area contributed by atoms with Gasteiger partial charge in [0.25, 0.3) is 0 Å². The van der Waals surface area contributed by atoms with Crippen LogP contribution >= 0.6 is 23.1 Å². The summed E-state index contributed by atoms with van der Waals surface area (Å²) in [5.41, 5.74) is 1.33. The molecule has 0 aliphatic heterocycles. The number of nitrogens with one attached hydrogen (secondary N) is 1. The van der Waals surface area contributed by atoms with Crippen molar-refractivity contribution in [2.24, 2.45) is 0 Å². The fourth-order valence-corrected chi connectivity index (χ4v) is 4.37. The third kappa shape index (κ3) is 3.42. The second-order valence-corrected chi connectivity index (χ2v) is 7.52. The van der Waals surface area contributed by atoms with Crippen molar-refractivity contribution in [1.82, 2.24) is 9.97 Å². The van der Waals surface area contributed by atoms with E-state index in [2.05, 4.69) is 22.2 Å². The fourth-order valence-electron chi connectivity index (χ4n) is 2.30. The molecule has 24 heavy (non-hydrogen) atoms. The number of carbonyl (C=O) groups is 1. The summed E-state index contributed by atoms with van der Waals surface area (Å²) in [6.45, 7) is 5.93. The number of aryl methyl sites for hydroxylation is 3. The van der Waals surface area contributed by atoms with E-state index >= 15 is 0 Å². The van der Waals surface area contributed by atoms with Gasteiger partial charge in [-0.3, -0.25) is 4.79 Å². The monoisotopic (exact) mass is 361 g/mol. The third-order valence-electron chi connectivity index (χ3n) is 3.60. The molecule has 1 N–H and O–H groups in total. The molecule has 124 valence electrons. The lowest BCUT2D eigenvalue weighted by Crippen LogP contribution is -2.15. The van der Waals surface area contributed by atoms with E-state index in [0.29, 0.717) is 5.82 Å². The first-order valence-corrected chi connectivity index (χ1v) is 9.17. The number of hydrogen-bond acceptors (Lipinski definition) is 5. The van der Waals surface area contributed by atoms with E-state index in [1.807, 2.05) is 13.8 Å². The molecule has 0 atom stereocenters. The Balaban J connectivity index is 1.78. The molecule has 0 bridgehead atoms. The third-order valence-corrected chi connectivity index (χ3v) is 5.67. The molecule has 7 heteroatoms. The zero-order valence-corrected chi connectivity index (χ0v) is 15.1. The van der Waals surface area contributed by atoms with Gasteiger partial charge in [0.1, 0.15) is 21.5 Å². The van der Waals surface area contributed by atoms with Crippen LogP contribution in [0, 0.1) is 26.6 Å². The Kier molecular flexibility index (Phi) is 4.82. The molecule has 0 radical (unpaired) electrons. The number of amides is 1. The average molecular weight is 361 g/mol. The summed E-state index contributed by atoms with van der Waals surface area (Å²) >= 11 is 2.98. The van der Waals surface area contributed by atoms with Gasteiger partial charge in [0, 0.05) is 10.3 Å². The van der Waals surface area contributed by atoms with Crippen LogP contribution in [-0.4, -0.2) is 21.6 Å². The van der Waals surface area contributed by atoms with Gasteiger partial charge in [-0.2, -0.15) is 0 Å². The molecule has 4 nitrogen and oxygen atoms in total. The SMILES string of the molecule is Cc1nc(SCC(=O)Nc2ccccc2F)c2c(C)c(C)sc2n1. The van der Waals surface area contributed by atoms with Crippen molar-refractivity contribution < 1.29 is 9.18 Å². The second kappa shape index (κ2) is 6.86. The Bertz CT molecular complexity index is 924. The molecule has 1 amide bonds. The van der Waals surface area contributed by atoms with E-state index in [1.165, 1.54) is 28.8 Å². The molecule has 3 aromatic rings. The largest absolute Gasteiger partial charge is 0.323 e. The van der Waals surface area contributed by atoms with E-state index in [4.69, 9.17) is 0 Å². The van der Waals surface area contributed by atoms with Gasteiger partial charge in [0.15, 0.2) is 0 Å². The number of rotatable bonds is 4. The number of para-hydroxylation sites is 1. The summed E-state index contributed by atoms with van der Waals surface area (Å²) in [6, 6.07) is 6.12. The van der Waals surface area contributed by atoms with Gasteiger partial charge in [0.2, 0.25) is 5.91 Å². The zero-order valence-electron chi connectivity index (χ0n) is 13.5. The van der Waals surface area contributed by atoms with Crippen LogP contribution in [-0.2, 0) is 4.79 Å². The number of benzene rings is 1. The number of carbonyl (C=O) groups excluding carboxylic acids is 1. The summed E-state index contributed by atoms with van der Waals surface area (Å²) in [5, 5.41) is 4.39. The standard InChI is InChI=1S/C17H16FN3OS2/c1-9-10(2)24-17-15(9)16(19-11(3)20-17)23-8-14(22)21-13-7-5-4-6-12(13)18/h4-7H,8H2,1-3H3,(H,21,22). The van der Waals surface area contributed by atoms with E-state index < -0.39 is 5.82 Å². The first-order valence-electron chi connectivity index (χ1n) is 7.37. The summed E-state index contributed by atoms with van der Waals surface area (Å²) in [7, 11) is 0. The van der Waals surface area contributed by atoms with Crippen molar-refractivity contribution in [3.63, 3.8) is 0 Å². The molecular weight excluding hydrogens is 345 g/mol. The molecule has 0 fully saturated rings. The van der Waals surface area contributed by atoms with E-state index in [-0.39, 0.29) is 17.3 Å². The topological polar surface area (TPSA) is 54.9 Å². The minimum Gasteiger partial charge on any atom is -0.323 e. The number of halogens is 1. The van der Waals surface area contributed by atoms with Gasteiger partial charge < -0.3 is 5.32 Å². The van der Waals surface area contributed by atoms with Gasteiger partial charge in [-0.05, 0) is 38.5 Å². The van der Waals surface area contributed by atoms with E-state index in [1.54, 1.807) is 23.5 Å². The summed E-state index contributed by atoms with van der Waals surface area (Å²) < 4.78 is 13.6.